The van der Waals surface area contributed by atoms with Crippen LogP contribution in [0.2, 0.25) is 0 Å². The number of ketones is 1. The van der Waals surface area contributed by atoms with Crippen molar-refractivity contribution in [1.29, 1.82) is 0 Å². The highest BCUT2D eigenvalue weighted by molar-refractivity contribution is 6.02. The van der Waals surface area contributed by atoms with Crippen LogP contribution in [0.15, 0.2) is 40.2 Å². The minimum atomic E-state index is -0.832. The molecule has 29 heavy (non-hydrogen) atoms. The Morgan fingerprint density at radius 1 is 1.14 bits per heavy atom. The number of ether oxygens (including phenoxy) is 1. The van der Waals surface area contributed by atoms with Crippen LogP contribution in [0, 0.1) is 0 Å². The molecule has 0 spiro atoms. The van der Waals surface area contributed by atoms with Gasteiger partial charge in [0.1, 0.15) is 11.4 Å². The van der Waals surface area contributed by atoms with Crippen molar-refractivity contribution in [3.8, 4) is 0 Å². The Bertz CT molecular complexity index is 1230. The van der Waals surface area contributed by atoms with Gasteiger partial charge < -0.3 is 10.5 Å². The molecule has 3 aromatic rings. The zero-order valence-electron chi connectivity index (χ0n) is 15.9. The molecule has 0 radical (unpaired) electrons. The van der Waals surface area contributed by atoms with Crippen LogP contribution in [0.3, 0.4) is 0 Å². The fraction of sp³-hybridized carbons (Fsp3) is 0.263. The lowest BCUT2D eigenvalue weighted by Gasteiger charge is -2.13. The van der Waals surface area contributed by atoms with E-state index in [2.05, 4.69) is 9.97 Å². The molecular formula is C19H19N5O5. The van der Waals surface area contributed by atoms with Gasteiger partial charge >= 0.3 is 11.7 Å². The Morgan fingerprint density at radius 3 is 2.52 bits per heavy atom. The van der Waals surface area contributed by atoms with Gasteiger partial charge in [0, 0.05) is 26.0 Å². The quantitative estimate of drug-likeness (QED) is 0.469. The number of nitrogens with zero attached hydrogens (tertiary/aromatic N) is 4. The number of hydrogen-bond donors (Lipinski definition) is 1. The number of aromatic nitrogens is 4. The molecule has 0 unspecified atom stereocenters. The van der Waals surface area contributed by atoms with Gasteiger partial charge in [-0.15, -0.1) is 0 Å². The Kier molecular flexibility index (Phi) is 5.53. The SMILES string of the molecule is CCCn1c(N)c(C(=O)COC(=O)c2ccc3nccnc3c2)c(=O)n(C)c1=O. The highest BCUT2D eigenvalue weighted by Crippen LogP contribution is 2.13. The normalized spacial score (nSPS) is 10.8. The zero-order chi connectivity index (χ0) is 21.1. The summed E-state index contributed by atoms with van der Waals surface area (Å²) in [5.74, 6) is -1.79. The summed E-state index contributed by atoms with van der Waals surface area (Å²) in [6, 6.07) is 4.59. The summed E-state index contributed by atoms with van der Waals surface area (Å²) in [5.41, 5.74) is 5.36. The van der Waals surface area contributed by atoms with Crippen LogP contribution >= 0.6 is 0 Å². The summed E-state index contributed by atoms with van der Waals surface area (Å²) >= 11 is 0. The molecule has 150 valence electrons. The van der Waals surface area contributed by atoms with Gasteiger partial charge in [0.05, 0.1) is 16.6 Å². The molecule has 0 amide bonds. The van der Waals surface area contributed by atoms with E-state index >= 15 is 0 Å². The van der Waals surface area contributed by atoms with Gasteiger partial charge in [0.15, 0.2) is 6.61 Å². The Hall–Kier alpha value is -3.82. The molecule has 0 aliphatic carbocycles. The van der Waals surface area contributed by atoms with Crippen molar-refractivity contribution in [1.82, 2.24) is 19.1 Å². The third-order valence-corrected chi connectivity index (χ3v) is 4.35. The van der Waals surface area contributed by atoms with Crippen LogP contribution in [0.5, 0.6) is 0 Å². The van der Waals surface area contributed by atoms with E-state index in [1.807, 2.05) is 6.92 Å². The van der Waals surface area contributed by atoms with E-state index in [-0.39, 0.29) is 23.5 Å². The van der Waals surface area contributed by atoms with Crippen molar-refractivity contribution in [2.75, 3.05) is 12.3 Å². The first-order valence-corrected chi connectivity index (χ1v) is 8.85. The van der Waals surface area contributed by atoms with E-state index in [9.17, 15) is 19.2 Å². The molecule has 0 saturated heterocycles. The zero-order valence-corrected chi connectivity index (χ0v) is 15.9. The Labute approximate surface area is 164 Å². The molecule has 0 saturated carbocycles. The van der Waals surface area contributed by atoms with Crippen LogP contribution in [0.1, 0.15) is 34.1 Å². The van der Waals surface area contributed by atoms with Crippen LogP contribution in [0.25, 0.3) is 11.0 Å². The summed E-state index contributed by atoms with van der Waals surface area (Å²) in [6.45, 7) is 1.38. The van der Waals surface area contributed by atoms with E-state index in [1.54, 1.807) is 6.07 Å². The minimum Gasteiger partial charge on any atom is -0.454 e. The lowest BCUT2D eigenvalue weighted by atomic mass is 10.2. The molecule has 1 aromatic carbocycles. The molecule has 10 nitrogen and oxygen atoms in total. The minimum absolute atomic E-state index is 0.183. The molecule has 2 aromatic heterocycles. The fourth-order valence-electron chi connectivity index (χ4n) is 2.86. The number of hydrogen-bond acceptors (Lipinski definition) is 8. The summed E-state index contributed by atoms with van der Waals surface area (Å²) in [4.78, 5) is 57.6. The number of Topliss-reactive ketones (excluding diaryl/α,β-unsaturated/α-hetero) is 1. The average molecular weight is 397 g/mol. The molecule has 0 aliphatic heterocycles. The van der Waals surface area contributed by atoms with E-state index in [1.165, 1.54) is 31.6 Å². The third kappa shape index (κ3) is 3.77. The predicted molar refractivity (Wildman–Crippen MR) is 105 cm³/mol. The van der Waals surface area contributed by atoms with Crippen molar-refractivity contribution >= 4 is 28.6 Å². The maximum atomic E-state index is 12.5. The first-order chi connectivity index (χ1) is 13.8. The van der Waals surface area contributed by atoms with Crippen molar-refractivity contribution in [2.24, 2.45) is 7.05 Å². The number of benzene rings is 1. The topological polar surface area (TPSA) is 139 Å². The van der Waals surface area contributed by atoms with Crippen molar-refractivity contribution in [3.63, 3.8) is 0 Å². The van der Waals surface area contributed by atoms with E-state index in [0.717, 1.165) is 9.13 Å². The number of fused-ring (bicyclic) bond motifs is 1. The van der Waals surface area contributed by atoms with Crippen LogP contribution in [-0.4, -0.2) is 37.5 Å². The maximum Gasteiger partial charge on any atom is 0.338 e. The molecule has 3 rings (SSSR count). The van der Waals surface area contributed by atoms with Crippen molar-refractivity contribution in [3.05, 3.63) is 62.6 Å². The van der Waals surface area contributed by atoms with Gasteiger partial charge in [-0.1, -0.05) is 6.92 Å². The Balaban J connectivity index is 1.84. The van der Waals surface area contributed by atoms with Gasteiger partial charge in [-0.05, 0) is 24.6 Å². The predicted octanol–water partition coefficient (Wildman–Crippen LogP) is 0.522. The molecule has 0 bridgehead atoms. The number of esters is 1. The molecule has 2 heterocycles. The number of nitrogens with two attached hydrogens (primary N) is 1. The van der Waals surface area contributed by atoms with Gasteiger partial charge in [-0.2, -0.15) is 0 Å². The number of nitrogen functional groups attached to an aromatic ring is 1. The molecule has 10 heteroatoms. The van der Waals surface area contributed by atoms with Gasteiger partial charge in [0.2, 0.25) is 5.78 Å². The first kappa shape index (κ1) is 19.9. The number of carbonyl (C=O) groups excluding carboxylic acids is 2. The maximum absolute atomic E-state index is 12.5. The number of carbonyl (C=O) groups is 2. The van der Waals surface area contributed by atoms with Crippen LogP contribution in [0.4, 0.5) is 5.82 Å². The second-order valence-corrected chi connectivity index (χ2v) is 6.32. The summed E-state index contributed by atoms with van der Waals surface area (Å²) in [5, 5.41) is 0. The average Bonchev–Trinajstić information content (AvgIpc) is 2.73. The van der Waals surface area contributed by atoms with Crippen molar-refractivity contribution in [2.45, 2.75) is 19.9 Å². The smallest absolute Gasteiger partial charge is 0.338 e. The molecule has 0 atom stereocenters. The summed E-state index contributed by atoms with van der Waals surface area (Å²) < 4.78 is 7.01. The summed E-state index contributed by atoms with van der Waals surface area (Å²) in [6.07, 6.45) is 3.60. The van der Waals surface area contributed by atoms with Gasteiger partial charge in [-0.25, -0.2) is 9.59 Å². The summed E-state index contributed by atoms with van der Waals surface area (Å²) in [7, 11) is 1.26. The van der Waals surface area contributed by atoms with Crippen molar-refractivity contribution < 1.29 is 14.3 Å². The molecular weight excluding hydrogens is 378 g/mol. The second kappa shape index (κ2) is 8.05. The largest absolute Gasteiger partial charge is 0.454 e. The highest BCUT2D eigenvalue weighted by atomic mass is 16.5. The molecule has 0 fully saturated rings. The highest BCUT2D eigenvalue weighted by Gasteiger charge is 2.22. The standard InChI is InChI=1S/C19H19N5O5/c1-3-8-24-16(20)15(17(26)23(2)19(24)28)14(25)10-29-18(27)11-4-5-12-13(9-11)22-7-6-21-12/h4-7,9H,3,8,10,20H2,1-2H3. The third-order valence-electron chi connectivity index (χ3n) is 4.35. The monoisotopic (exact) mass is 397 g/mol. The van der Waals surface area contributed by atoms with E-state index in [0.29, 0.717) is 17.5 Å². The Morgan fingerprint density at radius 2 is 1.83 bits per heavy atom. The molecule has 2 N–H and O–H groups in total. The number of rotatable bonds is 6. The van der Waals surface area contributed by atoms with Crippen LogP contribution < -0.4 is 17.0 Å². The molecule has 0 aliphatic rings. The van der Waals surface area contributed by atoms with E-state index in [4.69, 9.17) is 10.5 Å². The lowest BCUT2D eigenvalue weighted by Crippen LogP contribution is -2.43. The number of anilines is 1. The van der Waals surface area contributed by atoms with Gasteiger partial charge in [0.25, 0.3) is 5.56 Å². The van der Waals surface area contributed by atoms with E-state index < -0.39 is 29.6 Å². The second-order valence-electron chi connectivity index (χ2n) is 6.32. The fourth-order valence-corrected chi connectivity index (χ4v) is 2.86. The van der Waals surface area contributed by atoms with Crippen LogP contribution in [-0.2, 0) is 18.3 Å². The lowest BCUT2D eigenvalue weighted by molar-refractivity contribution is 0.0474. The van der Waals surface area contributed by atoms with Gasteiger partial charge in [-0.3, -0.25) is 28.7 Å². The first-order valence-electron chi connectivity index (χ1n) is 8.85.